The summed E-state index contributed by atoms with van der Waals surface area (Å²) in [5, 5.41) is 3.27. The zero-order valence-corrected chi connectivity index (χ0v) is 30.7. The van der Waals surface area contributed by atoms with E-state index in [1.807, 2.05) is 109 Å². The Morgan fingerprint density at radius 3 is 1.98 bits per heavy atom. The average Bonchev–Trinajstić information content (AvgIpc) is 3.83. The molecular formula is C49H33N7O. The third kappa shape index (κ3) is 6.25. The lowest BCUT2D eigenvalue weighted by Crippen LogP contribution is -2.05. The van der Waals surface area contributed by atoms with Crippen LogP contribution in [0.4, 0.5) is 0 Å². The van der Waals surface area contributed by atoms with Crippen molar-refractivity contribution in [1.82, 2.24) is 19.5 Å². The number of furan rings is 1. The summed E-state index contributed by atoms with van der Waals surface area (Å²) in [5.74, 6) is 1.64. The third-order valence-corrected chi connectivity index (χ3v) is 10.1. The first kappa shape index (κ1) is 33.7. The Labute approximate surface area is 327 Å². The first-order chi connectivity index (χ1) is 28.2. The van der Waals surface area contributed by atoms with Crippen molar-refractivity contribution in [2.75, 3.05) is 0 Å². The number of hydrogen-bond donors (Lipinski definition) is 0. The fraction of sp³-hybridized carbons (Fsp3) is 0.0204. The maximum absolute atomic E-state index is 6.45. The number of hydrogen-bond acceptors (Lipinski definition) is 5. The first-order valence-electron chi connectivity index (χ1n) is 18.7. The predicted octanol–water partition coefficient (Wildman–Crippen LogP) is 11.3. The summed E-state index contributed by atoms with van der Waals surface area (Å²) in [6.07, 6.45) is 1.83. The molecule has 0 bridgehead atoms. The van der Waals surface area contributed by atoms with Gasteiger partial charge in [0.2, 0.25) is 0 Å². The minimum Gasteiger partial charge on any atom is -0.452 e. The highest BCUT2D eigenvalue weighted by atomic mass is 16.3. The molecule has 0 spiro atoms. The normalized spacial score (nSPS) is 12.2. The van der Waals surface area contributed by atoms with Crippen molar-refractivity contribution in [3.05, 3.63) is 193 Å². The molecule has 0 aliphatic carbocycles. The minimum atomic E-state index is 0.303. The molecule has 0 aliphatic heterocycles. The van der Waals surface area contributed by atoms with Crippen molar-refractivity contribution in [3.63, 3.8) is 0 Å². The first-order valence-corrected chi connectivity index (χ1v) is 18.7. The van der Waals surface area contributed by atoms with Crippen molar-refractivity contribution in [1.29, 1.82) is 0 Å². The molecule has 10 aromatic rings. The second-order valence-corrected chi connectivity index (χ2v) is 13.6. The molecule has 4 aromatic heterocycles. The predicted molar refractivity (Wildman–Crippen MR) is 232 cm³/mol. The maximum Gasteiger partial charge on any atom is 0.180 e. The van der Waals surface area contributed by atoms with Crippen LogP contribution in [0.3, 0.4) is 0 Å². The maximum atomic E-state index is 6.45. The van der Waals surface area contributed by atoms with Gasteiger partial charge in [0.25, 0.3) is 0 Å². The quantitative estimate of drug-likeness (QED) is 0.120. The van der Waals surface area contributed by atoms with Gasteiger partial charge in [0.15, 0.2) is 23.1 Å². The highest BCUT2D eigenvalue weighted by Gasteiger charge is 2.20. The molecule has 0 aliphatic rings. The van der Waals surface area contributed by atoms with Crippen LogP contribution in [-0.2, 0) is 6.54 Å². The summed E-state index contributed by atoms with van der Waals surface area (Å²) in [4.78, 5) is 29.2. The molecule has 57 heavy (non-hydrogen) atoms. The zero-order chi connectivity index (χ0) is 38.1. The van der Waals surface area contributed by atoms with Crippen LogP contribution in [0.15, 0.2) is 195 Å². The molecule has 0 saturated heterocycles. The topological polar surface area (TPSA) is 93.8 Å². The van der Waals surface area contributed by atoms with E-state index in [0.717, 1.165) is 66.5 Å². The van der Waals surface area contributed by atoms with Gasteiger partial charge in [-0.25, -0.2) is 20.0 Å². The smallest absolute Gasteiger partial charge is 0.180 e. The Kier molecular flexibility index (Phi) is 8.53. The van der Waals surface area contributed by atoms with Gasteiger partial charge in [0.05, 0.1) is 23.3 Å². The summed E-state index contributed by atoms with van der Waals surface area (Å²) in [6, 6.07) is 57.0. The lowest BCUT2D eigenvalue weighted by molar-refractivity contribution is 0.667. The largest absolute Gasteiger partial charge is 0.452 e. The number of benzene rings is 6. The summed E-state index contributed by atoms with van der Waals surface area (Å²) in [7, 11) is 0. The number of nitrogens with zero attached hydrogens (tertiary/aromatic N) is 7. The van der Waals surface area contributed by atoms with Crippen LogP contribution in [0.1, 0.15) is 16.8 Å². The number of rotatable bonds is 7. The lowest BCUT2D eigenvalue weighted by Gasteiger charge is -2.09. The van der Waals surface area contributed by atoms with Gasteiger partial charge in [-0.3, -0.25) is 9.98 Å². The molecule has 0 amide bonds. The highest BCUT2D eigenvalue weighted by Crippen LogP contribution is 2.38. The monoisotopic (exact) mass is 735 g/mol. The van der Waals surface area contributed by atoms with Gasteiger partial charge in [-0.05, 0) is 55.2 Å². The Bertz CT molecular complexity index is 3150. The van der Waals surface area contributed by atoms with Gasteiger partial charge < -0.3 is 8.98 Å². The molecule has 8 heteroatoms. The number of aromatic nitrogens is 4. The number of pyridine rings is 1. The van der Waals surface area contributed by atoms with Crippen LogP contribution in [0.25, 0.3) is 72.2 Å². The Balaban J connectivity index is 1.07. The number of para-hydroxylation sites is 3. The van der Waals surface area contributed by atoms with Crippen molar-refractivity contribution in [2.45, 2.75) is 6.54 Å². The van der Waals surface area contributed by atoms with E-state index in [2.05, 4.69) is 83.0 Å². The van der Waals surface area contributed by atoms with Crippen LogP contribution in [0, 0.1) is 0 Å². The molecule has 0 fully saturated rings. The minimum absolute atomic E-state index is 0.303. The van der Waals surface area contributed by atoms with Crippen molar-refractivity contribution in [3.8, 4) is 28.3 Å². The lowest BCUT2D eigenvalue weighted by atomic mass is 10.1. The molecule has 4 heterocycles. The molecule has 10 rings (SSSR count). The number of amidine groups is 2. The van der Waals surface area contributed by atoms with E-state index in [-0.39, 0.29) is 0 Å². The van der Waals surface area contributed by atoms with Gasteiger partial charge in [-0.1, -0.05) is 121 Å². The Morgan fingerprint density at radius 2 is 1.25 bits per heavy atom. The van der Waals surface area contributed by atoms with Crippen LogP contribution < -0.4 is 0 Å². The Hall–Kier alpha value is -7.84. The van der Waals surface area contributed by atoms with Gasteiger partial charge in [-0.2, -0.15) is 0 Å². The fourth-order valence-electron chi connectivity index (χ4n) is 7.35. The van der Waals surface area contributed by atoms with Crippen molar-refractivity contribution >= 4 is 62.3 Å². The van der Waals surface area contributed by atoms with Crippen LogP contribution in [0.5, 0.6) is 0 Å². The number of fused-ring (bicyclic) bond motifs is 6. The van der Waals surface area contributed by atoms with E-state index in [0.29, 0.717) is 35.3 Å². The second kappa shape index (κ2) is 14.4. The van der Waals surface area contributed by atoms with E-state index in [4.69, 9.17) is 29.4 Å². The molecular weight excluding hydrogens is 703 g/mol. The van der Waals surface area contributed by atoms with Crippen LogP contribution >= 0.6 is 0 Å². The summed E-state index contributed by atoms with van der Waals surface area (Å²) < 4.78 is 8.75. The van der Waals surface area contributed by atoms with Crippen LogP contribution in [0.2, 0.25) is 0 Å². The molecule has 0 atom stereocenters. The van der Waals surface area contributed by atoms with Gasteiger partial charge in [-0.15, -0.1) is 0 Å². The molecule has 0 N–H and O–H groups in total. The highest BCUT2D eigenvalue weighted by molar-refractivity contribution is 6.13. The third-order valence-electron chi connectivity index (χ3n) is 10.1. The Morgan fingerprint density at radius 1 is 0.596 bits per heavy atom. The van der Waals surface area contributed by atoms with E-state index in [1.165, 1.54) is 5.39 Å². The summed E-state index contributed by atoms with van der Waals surface area (Å²) in [6.45, 7) is 4.08. The molecule has 6 aromatic carbocycles. The summed E-state index contributed by atoms with van der Waals surface area (Å²) in [5.41, 5.74) is 10.3. The van der Waals surface area contributed by atoms with E-state index < -0.39 is 0 Å². The number of aliphatic imine (C=N–C) groups is 3. The zero-order valence-electron chi connectivity index (χ0n) is 30.7. The fourth-order valence-corrected chi connectivity index (χ4v) is 7.35. The molecule has 0 unspecified atom stereocenters. The SMILES string of the molecule is C=NC(=NC(=NCc1ccc(-c2nc(-c3ccc4c5ccccc5n(-c5ccccc5)c4c3)nc3c2oc2ccccc23)cn1)c1ccccc1)c1ccccc1. The van der Waals surface area contributed by atoms with Crippen molar-refractivity contribution < 1.29 is 4.42 Å². The average molecular weight is 736 g/mol. The van der Waals surface area contributed by atoms with Crippen molar-refractivity contribution in [2.24, 2.45) is 15.0 Å². The molecule has 270 valence electrons. The van der Waals surface area contributed by atoms with E-state index in [9.17, 15) is 0 Å². The van der Waals surface area contributed by atoms with Gasteiger partial charge in [0, 0.05) is 50.3 Å². The molecule has 0 saturated carbocycles. The van der Waals surface area contributed by atoms with E-state index >= 15 is 0 Å². The second-order valence-electron chi connectivity index (χ2n) is 13.6. The van der Waals surface area contributed by atoms with Gasteiger partial charge >= 0.3 is 0 Å². The van der Waals surface area contributed by atoms with Gasteiger partial charge in [0.1, 0.15) is 16.8 Å². The van der Waals surface area contributed by atoms with Crippen LogP contribution in [-0.4, -0.2) is 37.9 Å². The molecule has 0 radical (unpaired) electrons. The standard InChI is InChI=1S/C49H33N7O/c1-50-47(32-15-5-2-6-16-32)55-48(33-17-7-3-8-18-33)52-31-36-27-25-35(30-51-36)44-46-45(40-22-12-14-24-43(40)57-46)54-49(53-44)34-26-28-39-38-21-11-13-23-41(38)56(42(39)29-34)37-19-9-4-10-20-37/h2-30H,1,31H2. The summed E-state index contributed by atoms with van der Waals surface area (Å²) >= 11 is 0. The molecule has 8 nitrogen and oxygen atoms in total. The van der Waals surface area contributed by atoms with E-state index in [1.54, 1.807) is 0 Å².